The van der Waals surface area contributed by atoms with Crippen molar-refractivity contribution in [1.82, 2.24) is 15.8 Å². The summed E-state index contributed by atoms with van der Waals surface area (Å²) in [6.45, 7) is 3.42. The minimum absolute atomic E-state index is 0.323. The monoisotopic (exact) mass is 390 g/mol. The van der Waals surface area contributed by atoms with Gasteiger partial charge in [0.05, 0.1) is 11.6 Å². The zero-order valence-electron chi connectivity index (χ0n) is 13.0. The number of carbonyl (C=O) groups is 2. The highest BCUT2D eigenvalue weighted by molar-refractivity contribution is 9.10. The molecule has 0 saturated heterocycles. The number of hydrogen-bond acceptors (Lipinski definition) is 4. The number of nitrogens with one attached hydrogen (secondary N) is 3. The number of carbonyl (C=O) groups excluding carboxylic acids is 2. The van der Waals surface area contributed by atoms with Crippen LogP contribution in [0.2, 0.25) is 0 Å². The Morgan fingerprint density at radius 3 is 2.62 bits per heavy atom. The SMILES string of the molecule is CC1=C(C(=O)Nc2cc(C)on2)[C@H](c2ccc(Br)cc2)NC(=O)N1. The van der Waals surface area contributed by atoms with Crippen LogP contribution in [0.5, 0.6) is 0 Å². The van der Waals surface area contributed by atoms with Crippen LogP contribution in [-0.4, -0.2) is 17.1 Å². The second kappa shape index (κ2) is 6.48. The third kappa shape index (κ3) is 3.33. The van der Waals surface area contributed by atoms with Crippen molar-refractivity contribution in [2.45, 2.75) is 19.9 Å². The van der Waals surface area contributed by atoms with Gasteiger partial charge < -0.3 is 20.5 Å². The summed E-state index contributed by atoms with van der Waals surface area (Å²) in [4.78, 5) is 24.5. The molecule has 0 saturated carbocycles. The van der Waals surface area contributed by atoms with Crippen molar-refractivity contribution in [3.05, 3.63) is 57.4 Å². The number of hydrogen-bond donors (Lipinski definition) is 3. The minimum atomic E-state index is -0.556. The molecule has 1 aliphatic rings. The van der Waals surface area contributed by atoms with E-state index in [0.717, 1.165) is 10.0 Å². The Balaban J connectivity index is 1.94. The topological polar surface area (TPSA) is 96.3 Å². The molecule has 0 radical (unpaired) electrons. The van der Waals surface area contributed by atoms with Crippen molar-refractivity contribution in [1.29, 1.82) is 0 Å². The standard InChI is InChI=1S/C16H15BrN4O3/c1-8-7-12(21-24-8)19-15(22)13-9(2)18-16(23)20-14(13)10-3-5-11(17)6-4-10/h3-7,14H,1-2H3,(H2,18,20,23)(H,19,21,22)/t14-/m0/s1. The van der Waals surface area contributed by atoms with Gasteiger partial charge in [-0.25, -0.2) is 4.79 Å². The van der Waals surface area contributed by atoms with E-state index in [0.29, 0.717) is 22.8 Å². The molecule has 7 nitrogen and oxygen atoms in total. The molecule has 3 amide bonds. The van der Waals surface area contributed by atoms with Crippen LogP contribution in [0.1, 0.15) is 24.3 Å². The number of anilines is 1. The van der Waals surface area contributed by atoms with Crippen molar-refractivity contribution in [2.24, 2.45) is 0 Å². The molecular weight excluding hydrogens is 376 g/mol. The quantitative estimate of drug-likeness (QED) is 0.750. The minimum Gasteiger partial charge on any atom is -0.360 e. The number of amides is 3. The Kier molecular flexibility index (Phi) is 4.39. The van der Waals surface area contributed by atoms with E-state index in [2.05, 4.69) is 37.0 Å². The summed E-state index contributed by atoms with van der Waals surface area (Å²) < 4.78 is 5.86. The Bertz CT molecular complexity index is 826. The molecule has 0 fully saturated rings. The average molecular weight is 391 g/mol. The first-order chi connectivity index (χ1) is 11.4. The maximum absolute atomic E-state index is 12.7. The molecule has 1 atom stereocenters. The summed E-state index contributed by atoms with van der Waals surface area (Å²) in [6.07, 6.45) is 0. The molecule has 0 aliphatic carbocycles. The van der Waals surface area contributed by atoms with Crippen LogP contribution in [0.4, 0.5) is 10.6 Å². The highest BCUT2D eigenvalue weighted by Gasteiger charge is 2.31. The van der Waals surface area contributed by atoms with Crippen LogP contribution in [0.3, 0.4) is 0 Å². The van der Waals surface area contributed by atoms with E-state index >= 15 is 0 Å². The maximum atomic E-state index is 12.7. The summed E-state index contributed by atoms with van der Waals surface area (Å²) in [6, 6.07) is 8.12. The van der Waals surface area contributed by atoms with E-state index in [4.69, 9.17) is 4.52 Å². The van der Waals surface area contributed by atoms with E-state index in [1.165, 1.54) is 0 Å². The van der Waals surface area contributed by atoms with Gasteiger partial charge in [0, 0.05) is 16.2 Å². The summed E-state index contributed by atoms with van der Waals surface area (Å²) in [5, 5.41) is 11.8. The molecule has 1 aromatic carbocycles. The van der Waals surface area contributed by atoms with Crippen LogP contribution in [-0.2, 0) is 4.79 Å². The molecule has 0 bridgehead atoms. The number of nitrogens with zero attached hydrogens (tertiary/aromatic N) is 1. The van der Waals surface area contributed by atoms with Crippen molar-refractivity contribution in [2.75, 3.05) is 5.32 Å². The fourth-order valence-corrected chi connectivity index (χ4v) is 2.77. The van der Waals surface area contributed by atoms with Gasteiger partial charge in [-0.15, -0.1) is 0 Å². The van der Waals surface area contributed by atoms with Gasteiger partial charge in [0.1, 0.15) is 5.76 Å². The van der Waals surface area contributed by atoms with E-state index in [1.807, 2.05) is 24.3 Å². The zero-order chi connectivity index (χ0) is 17.3. The third-order valence-corrected chi connectivity index (χ3v) is 4.12. The second-order valence-corrected chi connectivity index (χ2v) is 6.31. The Morgan fingerprint density at radius 1 is 1.29 bits per heavy atom. The zero-order valence-corrected chi connectivity index (χ0v) is 14.6. The van der Waals surface area contributed by atoms with Gasteiger partial charge in [0.15, 0.2) is 5.82 Å². The fourth-order valence-electron chi connectivity index (χ4n) is 2.51. The van der Waals surface area contributed by atoms with Gasteiger partial charge in [0.25, 0.3) is 5.91 Å². The van der Waals surface area contributed by atoms with Gasteiger partial charge in [-0.05, 0) is 31.5 Å². The lowest BCUT2D eigenvalue weighted by molar-refractivity contribution is -0.113. The first-order valence-corrected chi connectivity index (χ1v) is 8.02. The third-order valence-electron chi connectivity index (χ3n) is 3.59. The Morgan fingerprint density at radius 2 is 2.00 bits per heavy atom. The number of halogens is 1. The molecule has 2 aromatic rings. The van der Waals surface area contributed by atoms with Crippen LogP contribution >= 0.6 is 15.9 Å². The lowest BCUT2D eigenvalue weighted by Gasteiger charge is -2.28. The molecule has 1 aliphatic heterocycles. The van der Waals surface area contributed by atoms with E-state index in [9.17, 15) is 9.59 Å². The number of benzene rings is 1. The molecule has 0 spiro atoms. The molecule has 124 valence electrons. The number of allylic oxidation sites excluding steroid dienone is 1. The molecule has 3 N–H and O–H groups in total. The highest BCUT2D eigenvalue weighted by Crippen LogP contribution is 2.28. The van der Waals surface area contributed by atoms with Crippen LogP contribution in [0, 0.1) is 6.92 Å². The van der Waals surface area contributed by atoms with E-state index in [1.54, 1.807) is 19.9 Å². The van der Waals surface area contributed by atoms with Crippen LogP contribution in [0.15, 0.2) is 50.6 Å². The van der Waals surface area contributed by atoms with Crippen molar-refractivity contribution >= 4 is 33.7 Å². The number of aryl methyl sites for hydroxylation is 1. The largest absolute Gasteiger partial charge is 0.360 e. The number of aromatic nitrogens is 1. The summed E-state index contributed by atoms with van der Waals surface area (Å²) in [7, 11) is 0. The smallest absolute Gasteiger partial charge is 0.319 e. The number of rotatable bonds is 3. The average Bonchev–Trinajstić information content (AvgIpc) is 2.92. The molecular formula is C16H15BrN4O3. The molecule has 3 rings (SSSR count). The summed E-state index contributed by atoms with van der Waals surface area (Å²) >= 11 is 3.37. The second-order valence-electron chi connectivity index (χ2n) is 5.40. The van der Waals surface area contributed by atoms with Crippen molar-refractivity contribution in [3.8, 4) is 0 Å². The first kappa shape index (κ1) is 16.3. The van der Waals surface area contributed by atoms with Gasteiger partial charge in [-0.3, -0.25) is 4.79 Å². The number of urea groups is 1. The van der Waals surface area contributed by atoms with E-state index in [-0.39, 0.29) is 11.9 Å². The predicted molar refractivity (Wildman–Crippen MR) is 91.1 cm³/mol. The summed E-state index contributed by atoms with van der Waals surface area (Å²) in [5.74, 6) is 0.556. The Labute approximate surface area is 146 Å². The predicted octanol–water partition coefficient (Wildman–Crippen LogP) is 3.01. The molecule has 24 heavy (non-hydrogen) atoms. The van der Waals surface area contributed by atoms with Crippen molar-refractivity contribution < 1.29 is 14.1 Å². The fraction of sp³-hybridized carbons (Fsp3) is 0.188. The lowest BCUT2D eigenvalue weighted by atomic mass is 9.95. The molecule has 2 heterocycles. The van der Waals surface area contributed by atoms with Gasteiger partial charge in [-0.1, -0.05) is 33.2 Å². The first-order valence-electron chi connectivity index (χ1n) is 7.22. The van der Waals surface area contributed by atoms with E-state index < -0.39 is 6.04 Å². The normalized spacial score (nSPS) is 17.3. The Hall–Kier alpha value is -2.61. The highest BCUT2D eigenvalue weighted by atomic mass is 79.9. The van der Waals surface area contributed by atoms with Gasteiger partial charge >= 0.3 is 6.03 Å². The summed E-state index contributed by atoms with van der Waals surface area (Å²) in [5.41, 5.74) is 1.70. The van der Waals surface area contributed by atoms with Crippen LogP contribution in [0.25, 0.3) is 0 Å². The molecule has 1 aromatic heterocycles. The van der Waals surface area contributed by atoms with Gasteiger partial charge in [0.2, 0.25) is 0 Å². The van der Waals surface area contributed by atoms with Crippen molar-refractivity contribution in [3.63, 3.8) is 0 Å². The maximum Gasteiger partial charge on any atom is 0.319 e. The molecule has 8 heteroatoms. The van der Waals surface area contributed by atoms with Gasteiger partial charge in [-0.2, -0.15) is 0 Å². The molecule has 0 unspecified atom stereocenters. The van der Waals surface area contributed by atoms with Crippen LogP contribution < -0.4 is 16.0 Å². The lowest BCUT2D eigenvalue weighted by Crippen LogP contribution is -2.45.